The second-order valence-electron chi connectivity index (χ2n) is 3.46. The molecule has 3 nitrogen and oxygen atoms in total. The molecule has 1 saturated heterocycles. The van der Waals surface area contributed by atoms with E-state index in [2.05, 4.69) is 15.3 Å². The van der Waals surface area contributed by atoms with Gasteiger partial charge in [0.15, 0.2) is 0 Å². The van der Waals surface area contributed by atoms with Crippen molar-refractivity contribution in [2.24, 2.45) is 0 Å². The van der Waals surface area contributed by atoms with Crippen molar-refractivity contribution >= 4 is 11.8 Å². The Hall–Kier alpha value is -0.610. The van der Waals surface area contributed by atoms with Crippen LogP contribution in [0.3, 0.4) is 0 Å². The van der Waals surface area contributed by atoms with Crippen LogP contribution < -0.4 is 5.32 Å². The van der Waals surface area contributed by atoms with Crippen LogP contribution in [0.1, 0.15) is 18.7 Å². The van der Waals surface area contributed by atoms with Gasteiger partial charge in [0.25, 0.3) is 0 Å². The van der Waals surface area contributed by atoms with Crippen molar-refractivity contribution in [3.05, 3.63) is 24.3 Å². The smallest absolute Gasteiger partial charge is 0.141 e. The minimum Gasteiger partial charge on any atom is -0.306 e. The van der Waals surface area contributed by atoms with Gasteiger partial charge in [-0.15, -0.1) is 0 Å². The molecule has 1 unspecified atom stereocenters. The van der Waals surface area contributed by atoms with Crippen LogP contribution in [-0.2, 0) is 6.54 Å². The molecule has 0 bridgehead atoms. The summed E-state index contributed by atoms with van der Waals surface area (Å²) in [5.41, 5.74) is 0. The Morgan fingerprint density at radius 3 is 3.00 bits per heavy atom. The lowest BCUT2D eigenvalue weighted by molar-refractivity contribution is 0.499. The third-order valence-electron chi connectivity index (χ3n) is 2.33. The molecule has 2 rings (SSSR count). The van der Waals surface area contributed by atoms with Gasteiger partial charge in [-0.1, -0.05) is 0 Å². The largest absolute Gasteiger partial charge is 0.306 e. The predicted molar refractivity (Wildman–Crippen MR) is 59.2 cm³/mol. The maximum atomic E-state index is 4.18. The van der Waals surface area contributed by atoms with Crippen LogP contribution in [0.4, 0.5) is 0 Å². The molecule has 4 heteroatoms. The van der Waals surface area contributed by atoms with Crippen LogP contribution >= 0.6 is 11.8 Å². The Morgan fingerprint density at radius 2 is 2.29 bits per heavy atom. The summed E-state index contributed by atoms with van der Waals surface area (Å²) in [5, 5.41) is 3.49. The van der Waals surface area contributed by atoms with E-state index in [1.165, 1.54) is 24.3 Å². The molecule has 0 spiro atoms. The van der Waals surface area contributed by atoms with Gasteiger partial charge in [-0.05, 0) is 24.7 Å². The molecular formula is C10H15N3S. The number of aromatic nitrogens is 2. The SMILES string of the molecule is c1cnc(CNC2CCCSC2)nc1. The molecule has 0 amide bonds. The molecule has 1 N–H and O–H groups in total. The first-order chi connectivity index (χ1) is 6.95. The molecule has 0 saturated carbocycles. The van der Waals surface area contributed by atoms with Gasteiger partial charge in [0.1, 0.15) is 5.82 Å². The molecular weight excluding hydrogens is 194 g/mol. The Labute approximate surface area is 88.7 Å². The molecule has 1 atom stereocenters. The number of hydrogen-bond acceptors (Lipinski definition) is 4. The van der Waals surface area contributed by atoms with Crippen molar-refractivity contribution in [2.45, 2.75) is 25.4 Å². The van der Waals surface area contributed by atoms with Crippen molar-refractivity contribution in [3.63, 3.8) is 0 Å². The zero-order valence-corrected chi connectivity index (χ0v) is 8.96. The molecule has 76 valence electrons. The second kappa shape index (κ2) is 5.32. The fourth-order valence-electron chi connectivity index (χ4n) is 1.56. The van der Waals surface area contributed by atoms with E-state index in [1.54, 1.807) is 12.4 Å². The average Bonchev–Trinajstić information content (AvgIpc) is 2.29. The van der Waals surface area contributed by atoms with Gasteiger partial charge in [0.05, 0.1) is 6.54 Å². The summed E-state index contributed by atoms with van der Waals surface area (Å²) in [4.78, 5) is 8.37. The summed E-state index contributed by atoms with van der Waals surface area (Å²) < 4.78 is 0. The maximum Gasteiger partial charge on any atom is 0.141 e. The average molecular weight is 209 g/mol. The summed E-state index contributed by atoms with van der Waals surface area (Å²) in [5.74, 6) is 3.44. The van der Waals surface area contributed by atoms with E-state index in [9.17, 15) is 0 Å². The minimum atomic E-state index is 0.651. The third kappa shape index (κ3) is 2.96. The van der Waals surface area contributed by atoms with E-state index in [4.69, 9.17) is 0 Å². The molecule has 0 aromatic carbocycles. The van der Waals surface area contributed by atoms with Crippen LogP contribution in [0.2, 0.25) is 0 Å². The molecule has 1 aliphatic rings. The van der Waals surface area contributed by atoms with Crippen molar-refractivity contribution in [1.29, 1.82) is 0 Å². The Balaban J connectivity index is 1.76. The first-order valence-electron chi connectivity index (χ1n) is 5.02. The number of thioether (sulfide) groups is 1. The first kappa shape index (κ1) is 9.93. The van der Waals surface area contributed by atoms with Crippen molar-refractivity contribution in [1.82, 2.24) is 15.3 Å². The Bertz CT molecular complexity index is 259. The van der Waals surface area contributed by atoms with Crippen LogP contribution in [0.5, 0.6) is 0 Å². The highest BCUT2D eigenvalue weighted by Crippen LogP contribution is 2.16. The molecule has 0 radical (unpaired) electrons. The van der Waals surface area contributed by atoms with Gasteiger partial charge in [-0.3, -0.25) is 0 Å². The van der Waals surface area contributed by atoms with E-state index >= 15 is 0 Å². The zero-order valence-electron chi connectivity index (χ0n) is 8.15. The van der Waals surface area contributed by atoms with E-state index in [0.717, 1.165) is 12.4 Å². The van der Waals surface area contributed by atoms with Crippen molar-refractivity contribution < 1.29 is 0 Å². The molecule has 1 aromatic rings. The maximum absolute atomic E-state index is 4.18. The number of hydrogen-bond donors (Lipinski definition) is 1. The van der Waals surface area contributed by atoms with Gasteiger partial charge in [-0.25, -0.2) is 9.97 Å². The molecule has 2 heterocycles. The topological polar surface area (TPSA) is 37.8 Å². The summed E-state index contributed by atoms with van der Waals surface area (Å²) in [7, 11) is 0. The van der Waals surface area contributed by atoms with Gasteiger partial charge in [-0.2, -0.15) is 11.8 Å². The number of rotatable bonds is 3. The fraction of sp³-hybridized carbons (Fsp3) is 0.600. The van der Waals surface area contributed by atoms with E-state index in [0.29, 0.717) is 6.04 Å². The third-order valence-corrected chi connectivity index (χ3v) is 3.54. The zero-order chi connectivity index (χ0) is 9.64. The molecule has 1 aromatic heterocycles. The van der Waals surface area contributed by atoms with Crippen LogP contribution in [0.25, 0.3) is 0 Å². The number of nitrogens with one attached hydrogen (secondary N) is 1. The lowest BCUT2D eigenvalue weighted by Crippen LogP contribution is -2.33. The Kier molecular flexibility index (Phi) is 3.77. The molecule has 1 fully saturated rings. The summed E-state index contributed by atoms with van der Waals surface area (Å²) in [6.45, 7) is 0.798. The second-order valence-corrected chi connectivity index (χ2v) is 4.61. The van der Waals surface area contributed by atoms with E-state index in [-0.39, 0.29) is 0 Å². The van der Waals surface area contributed by atoms with E-state index < -0.39 is 0 Å². The number of nitrogens with zero attached hydrogens (tertiary/aromatic N) is 2. The first-order valence-corrected chi connectivity index (χ1v) is 6.17. The fourth-order valence-corrected chi connectivity index (χ4v) is 2.67. The predicted octanol–water partition coefficient (Wildman–Crippen LogP) is 1.46. The van der Waals surface area contributed by atoms with Crippen LogP contribution in [0.15, 0.2) is 18.5 Å². The lowest BCUT2D eigenvalue weighted by Gasteiger charge is -2.21. The molecule has 1 aliphatic heterocycles. The monoisotopic (exact) mass is 209 g/mol. The molecule has 14 heavy (non-hydrogen) atoms. The summed E-state index contributed by atoms with van der Waals surface area (Å²) >= 11 is 2.03. The van der Waals surface area contributed by atoms with Gasteiger partial charge in [0.2, 0.25) is 0 Å². The highest BCUT2D eigenvalue weighted by atomic mass is 32.2. The normalized spacial score (nSPS) is 22.1. The van der Waals surface area contributed by atoms with Gasteiger partial charge >= 0.3 is 0 Å². The van der Waals surface area contributed by atoms with Crippen molar-refractivity contribution in [3.8, 4) is 0 Å². The summed E-state index contributed by atoms with van der Waals surface area (Å²) in [6, 6.07) is 2.50. The van der Waals surface area contributed by atoms with Gasteiger partial charge in [0, 0.05) is 24.2 Å². The highest BCUT2D eigenvalue weighted by molar-refractivity contribution is 7.99. The minimum absolute atomic E-state index is 0.651. The van der Waals surface area contributed by atoms with Gasteiger partial charge < -0.3 is 5.32 Å². The van der Waals surface area contributed by atoms with Crippen LogP contribution in [0, 0.1) is 0 Å². The highest BCUT2D eigenvalue weighted by Gasteiger charge is 2.12. The lowest BCUT2D eigenvalue weighted by atomic mass is 10.2. The quantitative estimate of drug-likeness (QED) is 0.818. The Morgan fingerprint density at radius 1 is 1.43 bits per heavy atom. The summed E-state index contributed by atoms with van der Waals surface area (Å²) in [6.07, 6.45) is 6.21. The van der Waals surface area contributed by atoms with Crippen molar-refractivity contribution in [2.75, 3.05) is 11.5 Å². The standard InChI is InChI=1S/C10H15N3S/c1-3-9(8-14-6-1)13-7-10-11-4-2-5-12-10/h2,4-5,9,13H,1,3,6-8H2. The van der Waals surface area contributed by atoms with E-state index in [1.807, 2.05) is 17.8 Å². The molecule has 0 aliphatic carbocycles. The van der Waals surface area contributed by atoms with Crippen LogP contribution in [-0.4, -0.2) is 27.5 Å².